The van der Waals surface area contributed by atoms with E-state index in [-0.39, 0.29) is 5.91 Å². The molecule has 2 aliphatic rings. The SMILES string of the molecule is CN1CCCC2CN(C(=O)C(C)(C)O)CCC21. The van der Waals surface area contributed by atoms with E-state index in [9.17, 15) is 9.90 Å². The van der Waals surface area contributed by atoms with Crippen molar-refractivity contribution in [2.45, 2.75) is 44.8 Å². The number of carbonyl (C=O) groups is 1. The van der Waals surface area contributed by atoms with Crippen LogP contribution < -0.4 is 0 Å². The summed E-state index contributed by atoms with van der Waals surface area (Å²) in [7, 11) is 2.18. The number of nitrogens with zero attached hydrogens (tertiary/aromatic N) is 2. The quantitative estimate of drug-likeness (QED) is 0.734. The number of aliphatic hydroxyl groups is 1. The summed E-state index contributed by atoms with van der Waals surface area (Å²) in [5.41, 5.74) is -1.23. The first kappa shape index (κ1) is 12.8. The summed E-state index contributed by atoms with van der Waals surface area (Å²) in [6, 6.07) is 0.634. The maximum absolute atomic E-state index is 12.0. The number of amides is 1. The van der Waals surface area contributed by atoms with E-state index >= 15 is 0 Å². The van der Waals surface area contributed by atoms with Crippen LogP contribution in [0, 0.1) is 5.92 Å². The average Bonchev–Trinajstić information content (AvgIpc) is 2.26. The predicted octanol–water partition coefficient (Wildman–Crippen LogP) is 0.700. The minimum atomic E-state index is -1.23. The van der Waals surface area contributed by atoms with Gasteiger partial charge in [0.2, 0.25) is 0 Å². The molecule has 0 aromatic heterocycles. The van der Waals surface area contributed by atoms with Crippen molar-refractivity contribution < 1.29 is 9.90 Å². The van der Waals surface area contributed by atoms with Gasteiger partial charge in [-0.2, -0.15) is 0 Å². The lowest BCUT2D eigenvalue weighted by molar-refractivity contribution is -0.151. The zero-order chi connectivity index (χ0) is 12.6. The average molecular weight is 240 g/mol. The maximum Gasteiger partial charge on any atom is 0.253 e. The first-order chi connectivity index (χ1) is 7.89. The smallest absolute Gasteiger partial charge is 0.253 e. The molecule has 1 N–H and O–H groups in total. The molecule has 0 spiro atoms. The number of likely N-dealkylation sites (tertiary alicyclic amines) is 2. The Bertz CT molecular complexity index is 298. The van der Waals surface area contributed by atoms with Crippen molar-refractivity contribution >= 4 is 5.91 Å². The molecule has 4 nitrogen and oxygen atoms in total. The van der Waals surface area contributed by atoms with Crippen molar-refractivity contribution in [1.82, 2.24) is 9.80 Å². The molecule has 0 bridgehead atoms. The van der Waals surface area contributed by atoms with E-state index in [2.05, 4.69) is 11.9 Å². The van der Waals surface area contributed by atoms with Gasteiger partial charge in [0.1, 0.15) is 5.60 Å². The Morgan fingerprint density at radius 2 is 2.00 bits per heavy atom. The fourth-order valence-electron chi connectivity index (χ4n) is 3.22. The van der Waals surface area contributed by atoms with Gasteiger partial charge in [0.25, 0.3) is 5.91 Å². The number of hydrogen-bond acceptors (Lipinski definition) is 3. The molecule has 17 heavy (non-hydrogen) atoms. The Balaban J connectivity index is 2.00. The van der Waals surface area contributed by atoms with Gasteiger partial charge in [-0.25, -0.2) is 0 Å². The molecule has 0 radical (unpaired) electrons. The Hall–Kier alpha value is -0.610. The summed E-state index contributed by atoms with van der Waals surface area (Å²) < 4.78 is 0. The van der Waals surface area contributed by atoms with Gasteiger partial charge in [-0.3, -0.25) is 4.79 Å². The summed E-state index contributed by atoms with van der Waals surface area (Å²) in [5, 5.41) is 9.78. The summed E-state index contributed by atoms with van der Waals surface area (Å²) in [6.07, 6.45) is 3.48. The highest BCUT2D eigenvalue weighted by molar-refractivity contribution is 5.84. The molecule has 0 aliphatic carbocycles. The molecule has 1 amide bonds. The fraction of sp³-hybridized carbons (Fsp3) is 0.923. The van der Waals surface area contributed by atoms with Gasteiger partial charge in [0, 0.05) is 19.1 Å². The molecule has 2 unspecified atom stereocenters. The van der Waals surface area contributed by atoms with Crippen LogP contribution in [-0.4, -0.2) is 59.1 Å². The fourth-order valence-corrected chi connectivity index (χ4v) is 3.22. The van der Waals surface area contributed by atoms with Gasteiger partial charge in [0.05, 0.1) is 0 Å². The van der Waals surface area contributed by atoms with Crippen LogP contribution in [0.3, 0.4) is 0 Å². The predicted molar refractivity (Wildman–Crippen MR) is 66.6 cm³/mol. The maximum atomic E-state index is 12.0. The van der Waals surface area contributed by atoms with Crippen molar-refractivity contribution in [2.24, 2.45) is 5.92 Å². The second-order valence-electron chi connectivity index (χ2n) is 6.05. The molecule has 2 rings (SSSR count). The molecule has 2 atom stereocenters. The molecule has 0 aromatic carbocycles. The normalized spacial score (nSPS) is 31.2. The molecule has 2 heterocycles. The van der Waals surface area contributed by atoms with Crippen LogP contribution in [0.2, 0.25) is 0 Å². The lowest BCUT2D eigenvalue weighted by Crippen LogP contribution is -2.56. The minimum absolute atomic E-state index is 0.121. The highest BCUT2D eigenvalue weighted by atomic mass is 16.3. The van der Waals surface area contributed by atoms with Crippen LogP contribution in [0.15, 0.2) is 0 Å². The molecular weight excluding hydrogens is 216 g/mol. The van der Waals surface area contributed by atoms with Gasteiger partial charge < -0.3 is 14.9 Å². The largest absolute Gasteiger partial charge is 0.381 e. The number of piperidine rings is 2. The van der Waals surface area contributed by atoms with Gasteiger partial charge in [-0.05, 0) is 52.6 Å². The third kappa shape index (κ3) is 2.63. The topological polar surface area (TPSA) is 43.8 Å². The highest BCUT2D eigenvalue weighted by Crippen LogP contribution is 2.30. The third-order valence-corrected chi connectivity index (χ3v) is 4.16. The van der Waals surface area contributed by atoms with E-state index < -0.39 is 5.60 Å². The Labute approximate surface area is 104 Å². The zero-order valence-electron chi connectivity index (χ0n) is 11.1. The molecule has 4 heteroatoms. The highest BCUT2D eigenvalue weighted by Gasteiger charge is 2.38. The van der Waals surface area contributed by atoms with Gasteiger partial charge in [0.15, 0.2) is 0 Å². The van der Waals surface area contributed by atoms with Crippen LogP contribution in [0.25, 0.3) is 0 Å². The van der Waals surface area contributed by atoms with Crippen LogP contribution in [0.4, 0.5) is 0 Å². The standard InChI is InChI=1S/C13H24N2O2/c1-13(2,17)12(16)15-8-6-11-10(9-15)5-4-7-14(11)3/h10-11,17H,4-9H2,1-3H3. The van der Waals surface area contributed by atoms with Crippen LogP contribution in [0.1, 0.15) is 33.1 Å². The zero-order valence-corrected chi connectivity index (χ0v) is 11.1. The number of hydrogen-bond donors (Lipinski definition) is 1. The Morgan fingerprint density at radius 1 is 1.29 bits per heavy atom. The Morgan fingerprint density at radius 3 is 2.65 bits per heavy atom. The summed E-state index contributed by atoms with van der Waals surface area (Å²) >= 11 is 0. The number of fused-ring (bicyclic) bond motifs is 1. The van der Waals surface area contributed by atoms with Crippen LogP contribution >= 0.6 is 0 Å². The molecular formula is C13H24N2O2. The number of rotatable bonds is 1. The molecule has 0 saturated carbocycles. The third-order valence-electron chi connectivity index (χ3n) is 4.16. The van der Waals surface area contributed by atoms with Crippen LogP contribution in [0.5, 0.6) is 0 Å². The van der Waals surface area contributed by atoms with Gasteiger partial charge in [-0.15, -0.1) is 0 Å². The number of carbonyl (C=O) groups excluding carboxylic acids is 1. The molecule has 98 valence electrons. The van der Waals surface area contributed by atoms with Crippen molar-refractivity contribution in [2.75, 3.05) is 26.7 Å². The first-order valence-electron chi connectivity index (χ1n) is 6.61. The van der Waals surface area contributed by atoms with E-state index in [0.717, 1.165) is 19.5 Å². The van der Waals surface area contributed by atoms with E-state index in [4.69, 9.17) is 0 Å². The second kappa shape index (κ2) is 4.58. The molecule has 2 fully saturated rings. The van der Waals surface area contributed by atoms with Gasteiger partial charge in [-0.1, -0.05) is 0 Å². The summed E-state index contributed by atoms with van der Waals surface area (Å²) in [4.78, 5) is 16.3. The Kier molecular flexibility index (Phi) is 3.46. The van der Waals surface area contributed by atoms with E-state index in [1.54, 1.807) is 13.8 Å². The van der Waals surface area contributed by atoms with Crippen molar-refractivity contribution in [1.29, 1.82) is 0 Å². The lowest BCUT2D eigenvalue weighted by Gasteiger charge is -2.46. The van der Waals surface area contributed by atoms with Crippen molar-refractivity contribution in [3.05, 3.63) is 0 Å². The summed E-state index contributed by atoms with van der Waals surface area (Å²) in [6.45, 7) is 5.94. The van der Waals surface area contributed by atoms with Crippen molar-refractivity contribution in [3.63, 3.8) is 0 Å². The van der Waals surface area contributed by atoms with Gasteiger partial charge >= 0.3 is 0 Å². The molecule has 2 aliphatic heterocycles. The van der Waals surface area contributed by atoms with Crippen LogP contribution in [-0.2, 0) is 4.79 Å². The summed E-state index contributed by atoms with van der Waals surface area (Å²) in [5.74, 6) is 0.470. The van der Waals surface area contributed by atoms with E-state index in [0.29, 0.717) is 12.0 Å². The minimum Gasteiger partial charge on any atom is -0.381 e. The van der Waals surface area contributed by atoms with Crippen molar-refractivity contribution in [3.8, 4) is 0 Å². The van der Waals surface area contributed by atoms with E-state index in [1.165, 1.54) is 19.4 Å². The van der Waals surface area contributed by atoms with E-state index in [1.807, 2.05) is 4.90 Å². The first-order valence-corrected chi connectivity index (χ1v) is 6.61. The second-order valence-corrected chi connectivity index (χ2v) is 6.05. The lowest BCUT2D eigenvalue weighted by atomic mass is 9.84. The molecule has 2 saturated heterocycles. The monoisotopic (exact) mass is 240 g/mol. The molecule has 0 aromatic rings.